The van der Waals surface area contributed by atoms with Crippen molar-refractivity contribution in [3.63, 3.8) is 0 Å². The molecule has 1 aliphatic heterocycles. The van der Waals surface area contributed by atoms with Gasteiger partial charge in [0.1, 0.15) is 11.6 Å². The van der Waals surface area contributed by atoms with Crippen molar-refractivity contribution >= 4 is 17.7 Å². The van der Waals surface area contributed by atoms with Crippen molar-refractivity contribution in [3.8, 4) is 0 Å². The Labute approximate surface area is 131 Å². The van der Waals surface area contributed by atoms with Gasteiger partial charge >= 0.3 is 0 Å². The van der Waals surface area contributed by atoms with Crippen molar-refractivity contribution in [1.82, 2.24) is 5.32 Å². The zero-order valence-corrected chi connectivity index (χ0v) is 12.6. The number of thioether (sulfide) groups is 1. The molecule has 3 rings (SSSR count). The summed E-state index contributed by atoms with van der Waals surface area (Å²) in [5.41, 5.74) is 1.17. The van der Waals surface area contributed by atoms with Gasteiger partial charge in [-0.05, 0) is 41.8 Å². The Bertz CT molecular complexity index is 705. The van der Waals surface area contributed by atoms with Crippen molar-refractivity contribution in [2.45, 2.75) is 23.8 Å². The van der Waals surface area contributed by atoms with E-state index in [0.717, 1.165) is 22.6 Å². The van der Waals surface area contributed by atoms with E-state index in [4.69, 9.17) is 0 Å². The van der Waals surface area contributed by atoms with E-state index in [1.165, 1.54) is 18.2 Å². The second-order valence-corrected chi connectivity index (χ2v) is 6.34. The highest BCUT2D eigenvalue weighted by molar-refractivity contribution is 7.99. The maximum atomic E-state index is 13.6. The number of rotatable bonds is 3. The monoisotopic (exact) mass is 319 g/mol. The molecule has 22 heavy (non-hydrogen) atoms. The molecule has 0 aromatic heterocycles. The first kappa shape index (κ1) is 15.0. The van der Waals surface area contributed by atoms with E-state index in [1.54, 1.807) is 36.0 Å². The lowest BCUT2D eigenvalue weighted by Gasteiger charge is -2.26. The molecule has 1 amide bonds. The minimum absolute atomic E-state index is 0.0129. The van der Waals surface area contributed by atoms with Gasteiger partial charge in [-0.2, -0.15) is 0 Å². The Hall–Kier alpha value is -1.88. The number of fused-ring (bicyclic) bond motifs is 1. The Balaban J connectivity index is 1.73. The third-order valence-electron chi connectivity index (χ3n) is 3.66. The second-order valence-electron chi connectivity index (χ2n) is 5.21. The summed E-state index contributed by atoms with van der Waals surface area (Å²) in [6.45, 7) is 0. The predicted octanol–water partition coefficient (Wildman–Crippen LogP) is 3.86. The van der Waals surface area contributed by atoms with Gasteiger partial charge in [-0.1, -0.05) is 18.2 Å². The van der Waals surface area contributed by atoms with Crippen LogP contribution in [0.4, 0.5) is 8.78 Å². The summed E-state index contributed by atoms with van der Waals surface area (Å²) >= 11 is 1.66. The summed E-state index contributed by atoms with van der Waals surface area (Å²) in [5.74, 6) is -0.0846. The fourth-order valence-electron chi connectivity index (χ4n) is 2.58. The van der Waals surface area contributed by atoms with E-state index in [1.807, 2.05) is 0 Å². The maximum absolute atomic E-state index is 13.6. The molecule has 0 fully saturated rings. The van der Waals surface area contributed by atoms with Crippen LogP contribution >= 0.6 is 11.8 Å². The summed E-state index contributed by atoms with van der Waals surface area (Å²) in [5, 5.41) is 2.89. The third-order valence-corrected chi connectivity index (χ3v) is 4.78. The van der Waals surface area contributed by atoms with E-state index in [-0.39, 0.29) is 30.0 Å². The van der Waals surface area contributed by atoms with E-state index in [9.17, 15) is 13.6 Å². The smallest absolute Gasteiger partial charge is 0.225 e. The molecule has 2 aromatic carbocycles. The van der Waals surface area contributed by atoms with Gasteiger partial charge in [0.05, 0.1) is 12.5 Å². The summed E-state index contributed by atoms with van der Waals surface area (Å²) in [6, 6.07) is 10.6. The molecule has 0 aliphatic carbocycles. The van der Waals surface area contributed by atoms with Crippen molar-refractivity contribution in [2.75, 3.05) is 5.75 Å². The lowest BCUT2D eigenvalue weighted by Crippen LogP contribution is -2.32. The molecule has 0 saturated heterocycles. The number of hydrogen-bond acceptors (Lipinski definition) is 2. The quantitative estimate of drug-likeness (QED) is 0.931. The number of carbonyl (C=O) groups is 1. The minimum Gasteiger partial charge on any atom is -0.349 e. The highest BCUT2D eigenvalue weighted by atomic mass is 32.2. The van der Waals surface area contributed by atoms with Crippen LogP contribution in [-0.4, -0.2) is 11.7 Å². The number of benzene rings is 2. The lowest BCUT2D eigenvalue weighted by molar-refractivity contribution is -0.121. The average Bonchev–Trinajstić information content (AvgIpc) is 2.50. The molecule has 1 atom stereocenters. The molecule has 1 aliphatic rings. The highest BCUT2D eigenvalue weighted by Crippen LogP contribution is 2.36. The van der Waals surface area contributed by atoms with Gasteiger partial charge in [-0.3, -0.25) is 4.79 Å². The molecule has 1 unspecified atom stereocenters. The van der Waals surface area contributed by atoms with Crippen LogP contribution in [0.25, 0.3) is 0 Å². The normalized spacial score (nSPS) is 16.9. The summed E-state index contributed by atoms with van der Waals surface area (Å²) in [4.78, 5) is 13.1. The van der Waals surface area contributed by atoms with Crippen LogP contribution in [0.15, 0.2) is 47.4 Å². The zero-order chi connectivity index (χ0) is 15.5. The fourth-order valence-corrected chi connectivity index (χ4v) is 3.68. The van der Waals surface area contributed by atoms with Crippen molar-refractivity contribution in [3.05, 3.63) is 65.2 Å². The molecule has 1 N–H and O–H groups in total. The summed E-state index contributed by atoms with van der Waals surface area (Å²) < 4.78 is 27.0. The molecule has 5 heteroatoms. The summed E-state index contributed by atoms with van der Waals surface area (Å²) in [7, 11) is 0. The molecule has 0 spiro atoms. The lowest BCUT2D eigenvalue weighted by atomic mass is 10.0. The second kappa shape index (κ2) is 6.48. The number of nitrogens with one attached hydrogen (secondary N) is 1. The zero-order valence-electron chi connectivity index (χ0n) is 11.8. The van der Waals surface area contributed by atoms with Crippen LogP contribution in [0.1, 0.15) is 23.6 Å². The van der Waals surface area contributed by atoms with Gasteiger partial charge in [0.25, 0.3) is 0 Å². The largest absolute Gasteiger partial charge is 0.349 e. The van der Waals surface area contributed by atoms with Gasteiger partial charge in [-0.15, -0.1) is 11.8 Å². The van der Waals surface area contributed by atoms with Gasteiger partial charge in [-0.25, -0.2) is 8.78 Å². The van der Waals surface area contributed by atoms with Crippen LogP contribution in [0.2, 0.25) is 0 Å². The standard InChI is InChI=1S/C17H15F2NOS/c18-12-5-6-16-13(10-12)15(7-8-22-16)20-17(21)9-11-3-1-2-4-14(11)19/h1-6,10,15H,7-9H2,(H,20,21). The topological polar surface area (TPSA) is 29.1 Å². The summed E-state index contributed by atoms with van der Waals surface area (Å²) in [6.07, 6.45) is 0.727. The van der Waals surface area contributed by atoms with Gasteiger partial charge in [0, 0.05) is 10.6 Å². The highest BCUT2D eigenvalue weighted by Gasteiger charge is 2.23. The fraction of sp³-hybridized carbons (Fsp3) is 0.235. The third kappa shape index (κ3) is 3.30. The molecular weight excluding hydrogens is 304 g/mol. The molecule has 0 radical (unpaired) electrons. The van der Waals surface area contributed by atoms with Crippen molar-refractivity contribution in [2.24, 2.45) is 0 Å². The molecule has 0 saturated carbocycles. The molecule has 1 heterocycles. The van der Waals surface area contributed by atoms with Gasteiger partial charge < -0.3 is 5.32 Å². The molecule has 114 valence electrons. The van der Waals surface area contributed by atoms with E-state index in [0.29, 0.717) is 5.56 Å². The number of hydrogen-bond donors (Lipinski definition) is 1. The first-order valence-electron chi connectivity index (χ1n) is 7.08. The Morgan fingerprint density at radius 3 is 2.86 bits per heavy atom. The van der Waals surface area contributed by atoms with Crippen LogP contribution in [0.5, 0.6) is 0 Å². The minimum atomic E-state index is -0.386. The Morgan fingerprint density at radius 1 is 1.23 bits per heavy atom. The van der Waals surface area contributed by atoms with Crippen LogP contribution in [0, 0.1) is 11.6 Å². The first-order chi connectivity index (χ1) is 10.6. The van der Waals surface area contributed by atoms with E-state index in [2.05, 4.69) is 5.32 Å². The van der Waals surface area contributed by atoms with Crippen molar-refractivity contribution < 1.29 is 13.6 Å². The Kier molecular flexibility index (Phi) is 4.43. The van der Waals surface area contributed by atoms with Crippen LogP contribution < -0.4 is 5.32 Å². The molecular formula is C17H15F2NOS. The Morgan fingerprint density at radius 2 is 2.05 bits per heavy atom. The number of carbonyl (C=O) groups excluding carboxylic acids is 1. The molecule has 2 nitrogen and oxygen atoms in total. The van der Waals surface area contributed by atoms with Gasteiger partial charge in [0.15, 0.2) is 0 Å². The first-order valence-corrected chi connectivity index (χ1v) is 8.07. The van der Waals surface area contributed by atoms with Crippen molar-refractivity contribution in [1.29, 1.82) is 0 Å². The maximum Gasteiger partial charge on any atom is 0.225 e. The van der Waals surface area contributed by atoms with E-state index < -0.39 is 0 Å². The van der Waals surface area contributed by atoms with Crippen LogP contribution in [0.3, 0.4) is 0 Å². The van der Waals surface area contributed by atoms with Gasteiger partial charge in [0.2, 0.25) is 5.91 Å². The SMILES string of the molecule is O=C(Cc1ccccc1F)NC1CCSc2ccc(F)cc21. The average molecular weight is 319 g/mol. The number of halogens is 2. The predicted molar refractivity (Wildman–Crippen MR) is 82.7 cm³/mol. The molecule has 0 bridgehead atoms. The number of amides is 1. The molecule has 2 aromatic rings. The van der Waals surface area contributed by atoms with E-state index >= 15 is 0 Å². The van der Waals surface area contributed by atoms with Crippen LogP contribution in [-0.2, 0) is 11.2 Å².